The first-order chi connectivity index (χ1) is 9.08. The number of nitrogens with one attached hydrogen (secondary N) is 1. The van der Waals surface area contributed by atoms with Gasteiger partial charge in [0.05, 0.1) is 12.1 Å². The highest BCUT2D eigenvalue weighted by Crippen LogP contribution is 2.09. The van der Waals surface area contributed by atoms with E-state index in [4.69, 9.17) is 9.47 Å². The van der Waals surface area contributed by atoms with Crippen molar-refractivity contribution in [1.29, 1.82) is 0 Å². The zero-order valence-corrected chi connectivity index (χ0v) is 10.9. The summed E-state index contributed by atoms with van der Waals surface area (Å²) in [5.74, 6) is -2.26. The van der Waals surface area contributed by atoms with Gasteiger partial charge < -0.3 is 14.8 Å². The number of carbonyl (C=O) groups is 1. The number of rotatable bonds is 7. The van der Waals surface area contributed by atoms with E-state index in [1.54, 1.807) is 13.8 Å². The van der Waals surface area contributed by atoms with Gasteiger partial charge in [-0.25, -0.2) is 8.78 Å². The Morgan fingerprint density at radius 1 is 1.26 bits per heavy atom. The third-order valence-corrected chi connectivity index (χ3v) is 2.31. The monoisotopic (exact) mass is 273 g/mol. The van der Waals surface area contributed by atoms with Gasteiger partial charge in [-0.1, -0.05) is 0 Å². The van der Waals surface area contributed by atoms with Crippen molar-refractivity contribution >= 4 is 5.91 Å². The number of hydrogen-bond acceptors (Lipinski definition) is 3. The summed E-state index contributed by atoms with van der Waals surface area (Å²) in [5.41, 5.74) is -0.215. The number of carbonyl (C=O) groups excluding carboxylic acids is 1. The Morgan fingerprint density at radius 3 is 2.42 bits per heavy atom. The van der Waals surface area contributed by atoms with Crippen LogP contribution in [0.15, 0.2) is 18.2 Å². The van der Waals surface area contributed by atoms with E-state index in [0.29, 0.717) is 19.3 Å². The Balaban J connectivity index is 2.58. The fourth-order valence-corrected chi connectivity index (χ4v) is 1.48. The molecule has 0 radical (unpaired) electrons. The zero-order valence-electron chi connectivity index (χ0n) is 10.9. The van der Waals surface area contributed by atoms with Crippen molar-refractivity contribution < 1.29 is 23.0 Å². The maximum absolute atomic E-state index is 13.4. The van der Waals surface area contributed by atoms with Crippen LogP contribution in [0.1, 0.15) is 24.2 Å². The minimum atomic E-state index is -0.901. The van der Waals surface area contributed by atoms with Gasteiger partial charge >= 0.3 is 0 Å². The molecule has 4 nitrogen and oxygen atoms in total. The zero-order chi connectivity index (χ0) is 14.3. The van der Waals surface area contributed by atoms with Crippen molar-refractivity contribution in [2.24, 2.45) is 0 Å². The summed E-state index contributed by atoms with van der Waals surface area (Å²) in [7, 11) is 0. The van der Waals surface area contributed by atoms with E-state index in [1.807, 2.05) is 0 Å². The van der Waals surface area contributed by atoms with Crippen molar-refractivity contribution in [1.82, 2.24) is 5.32 Å². The van der Waals surface area contributed by atoms with E-state index in [1.165, 1.54) is 0 Å². The SMILES string of the molecule is CCOC(CNC(=O)c1ccc(F)cc1F)OCC. The standard InChI is InChI=1S/C13H17F2NO3/c1-3-18-12(19-4-2)8-16-13(17)10-6-5-9(14)7-11(10)15/h5-7,12H,3-4,8H2,1-2H3,(H,16,17). The molecule has 6 heteroatoms. The average Bonchev–Trinajstić information content (AvgIpc) is 2.36. The van der Waals surface area contributed by atoms with Crippen LogP contribution in [0.25, 0.3) is 0 Å². The number of hydrogen-bond donors (Lipinski definition) is 1. The fourth-order valence-electron chi connectivity index (χ4n) is 1.48. The van der Waals surface area contributed by atoms with Crippen molar-refractivity contribution in [3.8, 4) is 0 Å². The molecule has 1 amide bonds. The molecule has 1 aromatic rings. The average molecular weight is 273 g/mol. The Hall–Kier alpha value is -1.53. The lowest BCUT2D eigenvalue weighted by Crippen LogP contribution is -2.35. The number of benzene rings is 1. The van der Waals surface area contributed by atoms with Gasteiger partial charge in [-0.15, -0.1) is 0 Å². The molecule has 0 aliphatic rings. The van der Waals surface area contributed by atoms with Crippen LogP contribution in [0.4, 0.5) is 8.78 Å². The third kappa shape index (κ3) is 4.92. The van der Waals surface area contributed by atoms with Crippen LogP contribution >= 0.6 is 0 Å². The summed E-state index contributed by atoms with van der Waals surface area (Å²) in [6.45, 7) is 4.56. The molecule has 19 heavy (non-hydrogen) atoms. The Kier molecular flexibility index (Phi) is 6.38. The second-order valence-corrected chi connectivity index (χ2v) is 3.67. The normalized spacial score (nSPS) is 10.8. The van der Waals surface area contributed by atoms with Gasteiger partial charge in [-0.3, -0.25) is 4.79 Å². The lowest BCUT2D eigenvalue weighted by atomic mass is 10.2. The summed E-state index contributed by atoms with van der Waals surface area (Å²) in [6, 6.07) is 2.79. The molecule has 0 aliphatic carbocycles. The first kappa shape index (κ1) is 15.5. The minimum Gasteiger partial charge on any atom is -0.351 e. The topological polar surface area (TPSA) is 47.6 Å². The van der Waals surface area contributed by atoms with E-state index in [9.17, 15) is 13.6 Å². The van der Waals surface area contributed by atoms with Gasteiger partial charge in [0.15, 0.2) is 6.29 Å². The van der Waals surface area contributed by atoms with E-state index in [2.05, 4.69) is 5.32 Å². The molecule has 0 bridgehead atoms. The van der Waals surface area contributed by atoms with Crippen LogP contribution in [0.2, 0.25) is 0 Å². The smallest absolute Gasteiger partial charge is 0.254 e. The Morgan fingerprint density at radius 2 is 1.89 bits per heavy atom. The molecule has 0 heterocycles. The largest absolute Gasteiger partial charge is 0.351 e. The molecule has 106 valence electrons. The number of halogens is 2. The maximum Gasteiger partial charge on any atom is 0.254 e. The van der Waals surface area contributed by atoms with Crippen LogP contribution in [0.3, 0.4) is 0 Å². The van der Waals surface area contributed by atoms with Crippen LogP contribution in [0, 0.1) is 11.6 Å². The number of amides is 1. The highest BCUT2D eigenvalue weighted by molar-refractivity contribution is 5.94. The first-order valence-electron chi connectivity index (χ1n) is 6.04. The van der Waals surface area contributed by atoms with E-state index < -0.39 is 23.8 Å². The van der Waals surface area contributed by atoms with E-state index in [-0.39, 0.29) is 12.1 Å². The van der Waals surface area contributed by atoms with Crippen LogP contribution in [-0.2, 0) is 9.47 Å². The molecule has 0 spiro atoms. The number of ether oxygens (including phenoxy) is 2. The van der Waals surface area contributed by atoms with Gasteiger partial charge in [0.1, 0.15) is 11.6 Å². The van der Waals surface area contributed by atoms with E-state index >= 15 is 0 Å². The highest BCUT2D eigenvalue weighted by atomic mass is 19.1. The lowest BCUT2D eigenvalue weighted by Gasteiger charge is -2.17. The molecule has 0 unspecified atom stereocenters. The second kappa shape index (κ2) is 7.81. The van der Waals surface area contributed by atoms with Gasteiger partial charge in [0.2, 0.25) is 0 Å². The van der Waals surface area contributed by atoms with Gasteiger partial charge in [0.25, 0.3) is 5.91 Å². The predicted octanol–water partition coefficient (Wildman–Crippen LogP) is 2.09. The first-order valence-corrected chi connectivity index (χ1v) is 6.04. The molecule has 0 fully saturated rings. The molecule has 0 aliphatic heterocycles. The summed E-state index contributed by atoms with van der Waals surface area (Å²) in [5, 5.41) is 2.48. The second-order valence-electron chi connectivity index (χ2n) is 3.67. The minimum absolute atomic E-state index is 0.0946. The molecule has 0 atom stereocenters. The van der Waals surface area contributed by atoms with Gasteiger partial charge in [0, 0.05) is 19.3 Å². The van der Waals surface area contributed by atoms with Gasteiger partial charge in [-0.2, -0.15) is 0 Å². The molecule has 1 aromatic carbocycles. The molecule has 0 saturated carbocycles. The van der Waals surface area contributed by atoms with E-state index in [0.717, 1.165) is 12.1 Å². The molecule has 0 saturated heterocycles. The van der Waals surface area contributed by atoms with Crippen molar-refractivity contribution in [3.05, 3.63) is 35.4 Å². The Bertz CT molecular complexity index is 420. The van der Waals surface area contributed by atoms with Gasteiger partial charge in [-0.05, 0) is 26.0 Å². The quantitative estimate of drug-likeness (QED) is 0.774. The van der Waals surface area contributed by atoms with Crippen LogP contribution in [-0.4, -0.2) is 32.0 Å². The molecular formula is C13H17F2NO3. The summed E-state index contributed by atoms with van der Waals surface area (Å²) < 4.78 is 36.5. The molecular weight excluding hydrogens is 256 g/mol. The van der Waals surface area contributed by atoms with Crippen molar-refractivity contribution in [3.63, 3.8) is 0 Å². The summed E-state index contributed by atoms with van der Waals surface area (Å²) in [4.78, 5) is 11.7. The molecule has 0 aromatic heterocycles. The fraction of sp³-hybridized carbons (Fsp3) is 0.462. The highest BCUT2D eigenvalue weighted by Gasteiger charge is 2.15. The summed E-state index contributed by atoms with van der Waals surface area (Å²) >= 11 is 0. The van der Waals surface area contributed by atoms with Crippen LogP contribution < -0.4 is 5.32 Å². The lowest BCUT2D eigenvalue weighted by molar-refractivity contribution is -0.131. The Labute approximate surface area is 110 Å². The van der Waals surface area contributed by atoms with Crippen molar-refractivity contribution in [2.75, 3.05) is 19.8 Å². The molecule has 1 rings (SSSR count). The summed E-state index contributed by atoms with van der Waals surface area (Å²) in [6.07, 6.45) is -0.581. The van der Waals surface area contributed by atoms with Crippen molar-refractivity contribution in [2.45, 2.75) is 20.1 Å². The predicted molar refractivity (Wildman–Crippen MR) is 65.7 cm³/mol. The molecule has 1 N–H and O–H groups in total. The third-order valence-electron chi connectivity index (χ3n) is 2.31. The maximum atomic E-state index is 13.4. The van der Waals surface area contributed by atoms with Crippen LogP contribution in [0.5, 0.6) is 0 Å².